The molecule has 202 valence electrons. The second-order valence-electron chi connectivity index (χ2n) is 8.77. The maximum Gasteiger partial charge on any atom is 0.264 e. The minimum absolute atomic E-state index is 0.0366. The normalized spacial score (nSPS) is 12.0. The molecule has 0 radical (unpaired) electrons. The van der Waals surface area contributed by atoms with Crippen molar-refractivity contribution in [1.82, 2.24) is 10.2 Å². The van der Waals surface area contributed by atoms with Crippen LogP contribution in [0.15, 0.2) is 83.8 Å². The van der Waals surface area contributed by atoms with Crippen LogP contribution >= 0.6 is 23.2 Å². The Labute approximate surface area is 234 Å². The van der Waals surface area contributed by atoms with Crippen LogP contribution in [0.25, 0.3) is 0 Å². The average molecular weight is 577 g/mol. The quantitative estimate of drug-likeness (QED) is 0.288. The van der Waals surface area contributed by atoms with Crippen molar-refractivity contribution in [1.29, 1.82) is 0 Å². The predicted molar refractivity (Wildman–Crippen MR) is 152 cm³/mol. The minimum atomic E-state index is -4.12. The molecule has 3 aromatic rings. The number of unbranched alkanes of at least 4 members (excludes halogenated alkanes) is 1. The molecule has 1 atom stereocenters. The van der Waals surface area contributed by atoms with Crippen LogP contribution in [0, 0.1) is 0 Å². The highest BCUT2D eigenvalue weighted by molar-refractivity contribution is 7.92. The summed E-state index contributed by atoms with van der Waals surface area (Å²) in [5.41, 5.74) is 0.984. The van der Waals surface area contributed by atoms with E-state index in [1.54, 1.807) is 61.5 Å². The number of nitrogens with one attached hydrogen (secondary N) is 1. The monoisotopic (exact) mass is 575 g/mol. The summed E-state index contributed by atoms with van der Waals surface area (Å²) in [5, 5.41) is 3.78. The molecule has 0 saturated heterocycles. The lowest BCUT2D eigenvalue weighted by atomic mass is 10.1. The Hall–Kier alpha value is -3.07. The van der Waals surface area contributed by atoms with E-state index in [4.69, 9.17) is 23.2 Å². The topological polar surface area (TPSA) is 86.8 Å². The number of anilines is 1. The van der Waals surface area contributed by atoms with E-state index >= 15 is 0 Å². The maximum atomic E-state index is 13.8. The molecule has 0 aliphatic heterocycles. The summed E-state index contributed by atoms with van der Waals surface area (Å²) in [6.07, 6.45) is 1.72. The van der Waals surface area contributed by atoms with Gasteiger partial charge in [0.2, 0.25) is 11.8 Å². The number of nitrogens with zero attached hydrogens (tertiary/aromatic N) is 2. The highest BCUT2D eigenvalue weighted by Crippen LogP contribution is 2.26. The first kappa shape index (κ1) is 29.5. The van der Waals surface area contributed by atoms with Crippen molar-refractivity contribution in [3.05, 3.63) is 94.5 Å². The number of hydrogen-bond acceptors (Lipinski definition) is 4. The smallest absolute Gasteiger partial charge is 0.264 e. The Balaban J connectivity index is 1.98. The number of amides is 2. The lowest BCUT2D eigenvalue weighted by Gasteiger charge is -2.32. The van der Waals surface area contributed by atoms with Crippen LogP contribution in [0.1, 0.15) is 32.3 Å². The first-order valence-corrected chi connectivity index (χ1v) is 14.5. The maximum absolute atomic E-state index is 13.8. The van der Waals surface area contributed by atoms with Gasteiger partial charge in [0.05, 0.1) is 10.6 Å². The van der Waals surface area contributed by atoms with Crippen molar-refractivity contribution in [3.63, 3.8) is 0 Å². The van der Waals surface area contributed by atoms with E-state index in [-0.39, 0.29) is 23.0 Å². The molecule has 10 heteroatoms. The molecule has 0 saturated carbocycles. The van der Waals surface area contributed by atoms with E-state index in [1.165, 1.54) is 29.2 Å². The Bertz CT molecular complexity index is 1340. The van der Waals surface area contributed by atoms with Crippen molar-refractivity contribution in [2.45, 2.75) is 44.2 Å². The van der Waals surface area contributed by atoms with Crippen LogP contribution in [0.5, 0.6) is 0 Å². The predicted octanol–water partition coefficient (Wildman–Crippen LogP) is 5.52. The SMILES string of the molecule is CCCCNC(=O)C(C)N(Cc1cccc(Cl)c1)C(=O)CN(c1ccc(Cl)cc1)S(=O)(=O)c1ccccc1. The Morgan fingerprint density at radius 2 is 1.61 bits per heavy atom. The van der Waals surface area contributed by atoms with Crippen LogP contribution in [0.2, 0.25) is 10.0 Å². The van der Waals surface area contributed by atoms with E-state index in [1.807, 2.05) is 6.92 Å². The Morgan fingerprint density at radius 1 is 0.921 bits per heavy atom. The molecule has 38 heavy (non-hydrogen) atoms. The summed E-state index contributed by atoms with van der Waals surface area (Å²) in [7, 11) is -4.12. The zero-order valence-corrected chi connectivity index (χ0v) is 23.6. The fourth-order valence-corrected chi connectivity index (χ4v) is 5.58. The lowest BCUT2D eigenvalue weighted by molar-refractivity contribution is -0.139. The lowest BCUT2D eigenvalue weighted by Crippen LogP contribution is -2.51. The largest absolute Gasteiger partial charge is 0.354 e. The third-order valence-electron chi connectivity index (χ3n) is 5.96. The van der Waals surface area contributed by atoms with E-state index < -0.39 is 28.5 Å². The number of sulfonamides is 1. The zero-order valence-electron chi connectivity index (χ0n) is 21.3. The number of carbonyl (C=O) groups is 2. The molecule has 0 aliphatic carbocycles. The molecule has 1 unspecified atom stereocenters. The standard InChI is InChI=1S/C28H31Cl2N3O4S/c1-3-4-17-31-28(35)21(2)32(19-22-9-8-10-24(30)18-22)27(34)20-33(25-15-13-23(29)14-16-25)38(36,37)26-11-6-5-7-12-26/h5-16,18,21H,3-4,17,19-20H2,1-2H3,(H,31,35). The minimum Gasteiger partial charge on any atom is -0.354 e. The molecule has 1 N–H and O–H groups in total. The van der Waals surface area contributed by atoms with Crippen LogP contribution in [0.3, 0.4) is 0 Å². The van der Waals surface area contributed by atoms with Gasteiger partial charge in [-0.2, -0.15) is 0 Å². The Morgan fingerprint density at radius 3 is 2.24 bits per heavy atom. The van der Waals surface area contributed by atoms with Crippen molar-refractivity contribution in [3.8, 4) is 0 Å². The highest BCUT2D eigenvalue weighted by atomic mass is 35.5. The summed E-state index contributed by atoms with van der Waals surface area (Å²) in [6.45, 7) is 3.68. The second kappa shape index (κ2) is 13.6. The molecule has 7 nitrogen and oxygen atoms in total. The molecule has 0 bridgehead atoms. The molecule has 2 amide bonds. The van der Waals surface area contributed by atoms with E-state index in [0.717, 1.165) is 17.1 Å². The number of rotatable bonds is 12. The van der Waals surface area contributed by atoms with Gasteiger partial charge in [-0.15, -0.1) is 0 Å². The second-order valence-corrected chi connectivity index (χ2v) is 11.5. The molecule has 0 spiro atoms. The fraction of sp³-hybridized carbons (Fsp3) is 0.286. The molecule has 0 aromatic heterocycles. The molecule has 0 heterocycles. The highest BCUT2D eigenvalue weighted by Gasteiger charge is 2.32. The van der Waals surface area contributed by atoms with Gasteiger partial charge in [0.25, 0.3) is 10.0 Å². The van der Waals surface area contributed by atoms with Crippen LogP contribution in [0.4, 0.5) is 5.69 Å². The third-order valence-corrected chi connectivity index (χ3v) is 8.24. The molecular weight excluding hydrogens is 545 g/mol. The first-order valence-electron chi connectivity index (χ1n) is 12.3. The molecule has 3 rings (SSSR count). The molecular formula is C28H31Cl2N3O4S. The number of carbonyl (C=O) groups excluding carboxylic acids is 2. The van der Waals surface area contributed by atoms with Gasteiger partial charge in [-0.05, 0) is 67.4 Å². The molecule has 3 aromatic carbocycles. The van der Waals surface area contributed by atoms with Gasteiger partial charge in [-0.3, -0.25) is 13.9 Å². The van der Waals surface area contributed by atoms with E-state index in [2.05, 4.69) is 5.32 Å². The first-order chi connectivity index (χ1) is 18.1. The number of hydrogen-bond donors (Lipinski definition) is 1. The molecule has 0 fully saturated rings. The van der Waals surface area contributed by atoms with Crippen LogP contribution in [-0.4, -0.2) is 44.3 Å². The average Bonchev–Trinajstić information content (AvgIpc) is 2.91. The molecule has 0 aliphatic rings. The fourth-order valence-electron chi connectivity index (χ4n) is 3.81. The van der Waals surface area contributed by atoms with Gasteiger partial charge < -0.3 is 10.2 Å². The summed E-state index contributed by atoms with van der Waals surface area (Å²) >= 11 is 12.2. The van der Waals surface area contributed by atoms with Gasteiger partial charge in [0.1, 0.15) is 12.6 Å². The van der Waals surface area contributed by atoms with Crippen LogP contribution in [-0.2, 0) is 26.2 Å². The van der Waals surface area contributed by atoms with Gasteiger partial charge in [-0.1, -0.05) is 66.9 Å². The van der Waals surface area contributed by atoms with Gasteiger partial charge >= 0.3 is 0 Å². The summed E-state index contributed by atoms with van der Waals surface area (Å²) < 4.78 is 28.4. The summed E-state index contributed by atoms with van der Waals surface area (Å²) in [5.74, 6) is -0.865. The van der Waals surface area contributed by atoms with Crippen molar-refractivity contribution in [2.75, 3.05) is 17.4 Å². The van der Waals surface area contributed by atoms with Gasteiger partial charge in [-0.25, -0.2) is 8.42 Å². The third kappa shape index (κ3) is 7.72. The van der Waals surface area contributed by atoms with Gasteiger partial charge in [0, 0.05) is 23.1 Å². The van der Waals surface area contributed by atoms with Crippen LogP contribution < -0.4 is 9.62 Å². The number of halogens is 2. The van der Waals surface area contributed by atoms with Gasteiger partial charge in [0.15, 0.2) is 0 Å². The van der Waals surface area contributed by atoms with E-state index in [0.29, 0.717) is 22.2 Å². The zero-order chi connectivity index (χ0) is 27.7. The number of benzene rings is 3. The Kier molecular flexibility index (Phi) is 10.6. The van der Waals surface area contributed by atoms with Crippen molar-refractivity contribution < 1.29 is 18.0 Å². The summed E-state index contributed by atoms with van der Waals surface area (Å²) in [4.78, 5) is 28.2. The van der Waals surface area contributed by atoms with E-state index in [9.17, 15) is 18.0 Å². The summed E-state index contributed by atoms with van der Waals surface area (Å²) in [6, 6.07) is 20.2. The van der Waals surface area contributed by atoms with Crippen molar-refractivity contribution >= 4 is 50.7 Å². The van der Waals surface area contributed by atoms with Crippen molar-refractivity contribution in [2.24, 2.45) is 0 Å².